The van der Waals surface area contributed by atoms with Crippen LogP contribution in [0.3, 0.4) is 0 Å². The molecule has 8 nitrogen and oxygen atoms in total. The first-order valence-corrected chi connectivity index (χ1v) is 10.3. The van der Waals surface area contributed by atoms with Gasteiger partial charge in [0, 0.05) is 6.04 Å². The Morgan fingerprint density at radius 2 is 1.77 bits per heavy atom. The maximum absolute atomic E-state index is 12.7. The summed E-state index contributed by atoms with van der Waals surface area (Å²) in [5, 5.41) is 9.48. The van der Waals surface area contributed by atoms with Gasteiger partial charge >= 0.3 is 12.0 Å². The van der Waals surface area contributed by atoms with E-state index in [0.29, 0.717) is 17.0 Å². The molecule has 1 aliphatic rings. The number of carbonyl (C=O) groups excluding carboxylic acids is 3. The highest BCUT2D eigenvalue weighted by molar-refractivity contribution is 5.99. The fourth-order valence-corrected chi connectivity index (χ4v) is 3.71. The van der Waals surface area contributed by atoms with Crippen molar-refractivity contribution in [2.24, 2.45) is 0 Å². The first-order chi connectivity index (χ1) is 14.4. The number of nitrogens with one attached hydrogen (secondary N) is 2. The fourth-order valence-electron chi connectivity index (χ4n) is 3.71. The molecule has 1 saturated carbocycles. The first kappa shape index (κ1) is 21.5. The summed E-state index contributed by atoms with van der Waals surface area (Å²) < 4.78 is 6.98. The van der Waals surface area contributed by atoms with E-state index >= 15 is 0 Å². The van der Waals surface area contributed by atoms with Gasteiger partial charge in [0.1, 0.15) is 5.56 Å². The quantitative estimate of drug-likeness (QED) is 0.734. The molecular formula is C22H28N4O4. The van der Waals surface area contributed by atoms with E-state index in [1.807, 2.05) is 30.3 Å². The van der Waals surface area contributed by atoms with E-state index in [9.17, 15) is 14.4 Å². The predicted molar refractivity (Wildman–Crippen MR) is 111 cm³/mol. The maximum Gasteiger partial charge on any atom is 0.342 e. The fraction of sp³-hybridized carbons (Fsp3) is 0.455. The largest absolute Gasteiger partial charge is 0.449 e. The van der Waals surface area contributed by atoms with Gasteiger partial charge in [-0.15, -0.1) is 0 Å². The van der Waals surface area contributed by atoms with Crippen molar-refractivity contribution in [2.45, 2.75) is 65.0 Å². The molecule has 0 aliphatic heterocycles. The Labute approximate surface area is 176 Å². The van der Waals surface area contributed by atoms with E-state index in [1.165, 1.54) is 13.3 Å². The molecule has 3 rings (SSSR count). The van der Waals surface area contributed by atoms with Crippen LogP contribution in [0.1, 0.15) is 60.8 Å². The Kier molecular flexibility index (Phi) is 6.87. The third-order valence-electron chi connectivity index (χ3n) is 5.33. The normalized spacial score (nSPS) is 15.3. The highest BCUT2D eigenvalue weighted by Crippen LogP contribution is 2.19. The van der Waals surface area contributed by atoms with Crippen molar-refractivity contribution >= 4 is 17.9 Å². The molecule has 1 aromatic heterocycles. The molecule has 1 aromatic carbocycles. The lowest BCUT2D eigenvalue weighted by atomic mass is 9.96. The van der Waals surface area contributed by atoms with Gasteiger partial charge in [-0.2, -0.15) is 5.10 Å². The van der Waals surface area contributed by atoms with E-state index in [-0.39, 0.29) is 6.04 Å². The van der Waals surface area contributed by atoms with Crippen LogP contribution in [0.4, 0.5) is 4.79 Å². The zero-order valence-electron chi connectivity index (χ0n) is 17.6. The average Bonchev–Trinajstić information content (AvgIpc) is 3.03. The molecule has 1 fully saturated rings. The Balaban J connectivity index is 1.60. The summed E-state index contributed by atoms with van der Waals surface area (Å²) >= 11 is 0. The molecule has 1 heterocycles. The van der Waals surface area contributed by atoms with Crippen LogP contribution in [-0.4, -0.2) is 39.8 Å². The predicted octanol–water partition coefficient (Wildman–Crippen LogP) is 3.19. The molecule has 1 atom stereocenters. The maximum atomic E-state index is 12.7. The standard InChI is InChI=1S/C22H28N4O4/c1-14-19(15(2)26(25-14)18-12-8-5-9-13-18)21(28)30-16(3)20(27)24-22(29)23-17-10-6-4-7-11-17/h5,8-9,12-13,16-17H,4,6-7,10-11H2,1-3H3,(H2,23,24,27,29). The second-order valence-corrected chi connectivity index (χ2v) is 7.64. The number of imide groups is 1. The van der Waals surface area contributed by atoms with Crippen LogP contribution < -0.4 is 10.6 Å². The number of hydrogen-bond acceptors (Lipinski definition) is 5. The topological polar surface area (TPSA) is 102 Å². The molecule has 0 spiro atoms. The van der Waals surface area contributed by atoms with Gasteiger partial charge in [0.2, 0.25) is 0 Å². The average molecular weight is 412 g/mol. The lowest BCUT2D eigenvalue weighted by Crippen LogP contribution is -2.48. The summed E-state index contributed by atoms with van der Waals surface area (Å²) in [5.74, 6) is -1.31. The molecule has 160 valence electrons. The first-order valence-electron chi connectivity index (χ1n) is 10.3. The molecule has 1 unspecified atom stereocenters. The Hall–Kier alpha value is -3.16. The van der Waals surface area contributed by atoms with Crippen LogP contribution in [0.2, 0.25) is 0 Å². The van der Waals surface area contributed by atoms with Gasteiger partial charge in [-0.1, -0.05) is 37.5 Å². The number of carbonyl (C=O) groups is 3. The molecule has 2 N–H and O–H groups in total. The zero-order chi connectivity index (χ0) is 21.7. The number of aryl methyl sites for hydroxylation is 1. The third kappa shape index (κ3) is 5.06. The van der Waals surface area contributed by atoms with Gasteiger partial charge in [0.05, 0.1) is 17.1 Å². The smallest absolute Gasteiger partial charge is 0.342 e. The molecule has 0 radical (unpaired) electrons. The molecule has 2 aromatic rings. The van der Waals surface area contributed by atoms with Crippen LogP contribution in [0.25, 0.3) is 5.69 Å². The van der Waals surface area contributed by atoms with Gasteiger partial charge in [0.25, 0.3) is 5.91 Å². The van der Waals surface area contributed by atoms with Crippen molar-refractivity contribution in [3.8, 4) is 5.69 Å². The van der Waals surface area contributed by atoms with E-state index in [1.54, 1.807) is 18.5 Å². The van der Waals surface area contributed by atoms with Crippen LogP contribution in [0, 0.1) is 13.8 Å². The summed E-state index contributed by atoms with van der Waals surface area (Å²) in [5.41, 5.74) is 2.25. The molecule has 30 heavy (non-hydrogen) atoms. The Bertz CT molecular complexity index is 917. The van der Waals surface area contributed by atoms with E-state index in [2.05, 4.69) is 15.7 Å². The molecular weight excluding hydrogens is 384 g/mol. The molecule has 1 aliphatic carbocycles. The number of para-hydroxylation sites is 1. The number of aromatic nitrogens is 2. The van der Waals surface area contributed by atoms with Gasteiger partial charge < -0.3 is 10.1 Å². The number of urea groups is 1. The highest BCUT2D eigenvalue weighted by Gasteiger charge is 2.26. The van der Waals surface area contributed by atoms with Crippen LogP contribution in [0.15, 0.2) is 30.3 Å². The summed E-state index contributed by atoms with van der Waals surface area (Å²) in [6.45, 7) is 4.92. The second-order valence-electron chi connectivity index (χ2n) is 7.64. The molecule has 0 saturated heterocycles. The van der Waals surface area contributed by atoms with Gasteiger partial charge in [-0.05, 0) is 45.7 Å². The summed E-state index contributed by atoms with van der Waals surface area (Å²) in [6, 6.07) is 8.96. The highest BCUT2D eigenvalue weighted by atomic mass is 16.5. The number of nitrogens with zero attached hydrogens (tertiary/aromatic N) is 2. The van der Waals surface area contributed by atoms with Crippen molar-refractivity contribution in [1.29, 1.82) is 0 Å². The van der Waals surface area contributed by atoms with Gasteiger partial charge in [-0.3, -0.25) is 10.1 Å². The minimum Gasteiger partial charge on any atom is -0.449 e. The summed E-state index contributed by atoms with van der Waals surface area (Å²) in [6.07, 6.45) is 4.02. The minimum absolute atomic E-state index is 0.0820. The van der Waals surface area contributed by atoms with Crippen LogP contribution >= 0.6 is 0 Å². The van der Waals surface area contributed by atoms with Crippen molar-refractivity contribution in [3.05, 3.63) is 47.3 Å². The summed E-state index contributed by atoms with van der Waals surface area (Å²) in [7, 11) is 0. The Morgan fingerprint density at radius 1 is 1.10 bits per heavy atom. The van der Waals surface area contributed by atoms with Crippen molar-refractivity contribution < 1.29 is 19.1 Å². The van der Waals surface area contributed by atoms with Gasteiger partial charge in [-0.25, -0.2) is 14.3 Å². The van der Waals surface area contributed by atoms with Crippen molar-refractivity contribution in [3.63, 3.8) is 0 Å². The van der Waals surface area contributed by atoms with E-state index in [0.717, 1.165) is 31.4 Å². The number of hydrogen-bond donors (Lipinski definition) is 2. The van der Waals surface area contributed by atoms with Gasteiger partial charge in [0.15, 0.2) is 6.10 Å². The number of benzene rings is 1. The van der Waals surface area contributed by atoms with Crippen molar-refractivity contribution in [2.75, 3.05) is 0 Å². The Morgan fingerprint density at radius 3 is 2.43 bits per heavy atom. The minimum atomic E-state index is -1.12. The zero-order valence-corrected chi connectivity index (χ0v) is 17.6. The molecule has 3 amide bonds. The SMILES string of the molecule is Cc1nn(-c2ccccc2)c(C)c1C(=O)OC(C)C(=O)NC(=O)NC1CCCCC1. The monoisotopic (exact) mass is 412 g/mol. The summed E-state index contributed by atoms with van der Waals surface area (Å²) in [4.78, 5) is 37.0. The second kappa shape index (κ2) is 9.56. The van der Waals surface area contributed by atoms with E-state index in [4.69, 9.17) is 4.74 Å². The number of rotatable bonds is 5. The molecule has 0 bridgehead atoms. The lowest BCUT2D eigenvalue weighted by molar-refractivity contribution is -0.127. The van der Waals surface area contributed by atoms with Crippen molar-refractivity contribution in [1.82, 2.24) is 20.4 Å². The number of amides is 3. The number of esters is 1. The molecule has 8 heteroatoms. The number of ether oxygens (including phenoxy) is 1. The third-order valence-corrected chi connectivity index (χ3v) is 5.33. The van der Waals surface area contributed by atoms with Crippen LogP contribution in [-0.2, 0) is 9.53 Å². The van der Waals surface area contributed by atoms with Crippen LogP contribution in [0.5, 0.6) is 0 Å². The lowest BCUT2D eigenvalue weighted by Gasteiger charge is -2.23. The van der Waals surface area contributed by atoms with E-state index < -0.39 is 24.0 Å².